The lowest BCUT2D eigenvalue weighted by Gasteiger charge is -1.94. The average molecular weight is 211 g/mol. The van der Waals surface area contributed by atoms with E-state index in [4.69, 9.17) is 5.73 Å². The Balaban J connectivity index is 2.23. The van der Waals surface area contributed by atoms with Crippen molar-refractivity contribution in [2.45, 2.75) is 0 Å². The average Bonchev–Trinajstić information content (AvgIpc) is 2.76. The van der Waals surface area contributed by atoms with Crippen LogP contribution in [0.15, 0.2) is 36.9 Å². The highest BCUT2D eigenvalue weighted by Gasteiger charge is 2.06. The molecule has 0 aromatic carbocycles. The minimum atomic E-state index is 0.488. The van der Waals surface area contributed by atoms with Crippen LogP contribution >= 0.6 is 0 Å². The van der Waals surface area contributed by atoms with Gasteiger partial charge in [0, 0.05) is 23.7 Å². The van der Waals surface area contributed by atoms with Crippen molar-refractivity contribution in [3.05, 3.63) is 36.9 Å². The van der Waals surface area contributed by atoms with E-state index in [0.717, 1.165) is 22.3 Å². The smallest absolute Gasteiger partial charge is 0.143 e. The summed E-state index contributed by atoms with van der Waals surface area (Å²) in [6.45, 7) is 0. The quantitative estimate of drug-likeness (QED) is 0.640. The Hall–Kier alpha value is -2.43. The van der Waals surface area contributed by atoms with Gasteiger partial charge >= 0.3 is 0 Å². The number of nitrogens with one attached hydrogen (secondary N) is 1. The van der Waals surface area contributed by atoms with Crippen LogP contribution < -0.4 is 5.73 Å². The van der Waals surface area contributed by atoms with Crippen LogP contribution in [-0.2, 0) is 0 Å². The molecule has 3 aromatic heterocycles. The van der Waals surface area contributed by atoms with Crippen LogP contribution in [-0.4, -0.2) is 19.9 Å². The normalized spacial score (nSPS) is 10.8. The van der Waals surface area contributed by atoms with E-state index < -0.39 is 0 Å². The van der Waals surface area contributed by atoms with Gasteiger partial charge in [-0.3, -0.25) is 4.98 Å². The van der Waals surface area contributed by atoms with Gasteiger partial charge in [-0.25, -0.2) is 9.97 Å². The number of H-pyrrole nitrogens is 1. The Kier molecular flexibility index (Phi) is 1.83. The van der Waals surface area contributed by atoms with Crippen molar-refractivity contribution in [1.29, 1.82) is 0 Å². The zero-order chi connectivity index (χ0) is 11.0. The number of nitrogens with two attached hydrogens (primary N) is 1. The number of hydrogen-bond donors (Lipinski definition) is 2. The first-order chi connectivity index (χ1) is 7.84. The number of aromatic nitrogens is 4. The number of nitrogens with zero attached hydrogens (tertiary/aromatic N) is 3. The molecule has 3 rings (SSSR count). The van der Waals surface area contributed by atoms with Crippen molar-refractivity contribution in [2.24, 2.45) is 0 Å². The van der Waals surface area contributed by atoms with Gasteiger partial charge in [-0.1, -0.05) is 0 Å². The van der Waals surface area contributed by atoms with Gasteiger partial charge in [-0.2, -0.15) is 0 Å². The van der Waals surface area contributed by atoms with Crippen molar-refractivity contribution in [3.8, 4) is 11.3 Å². The molecule has 0 aliphatic carbocycles. The van der Waals surface area contributed by atoms with Gasteiger partial charge in [0.15, 0.2) is 0 Å². The van der Waals surface area contributed by atoms with Crippen LogP contribution in [0.5, 0.6) is 0 Å². The van der Waals surface area contributed by atoms with Gasteiger partial charge in [0.2, 0.25) is 0 Å². The van der Waals surface area contributed by atoms with Crippen molar-refractivity contribution in [3.63, 3.8) is 0 Å². The van der Waals surface area contributed by atoms with Crippen molar-refractivity contribution < 1.29 is 0 Å². The molecule has 16 heavy (non-hydrogen) atoms. The molecule has 5 nitrogen and oxygen atoms in total. The first-order valence-electron chi connectivity index (χ1n) is 4.84. The Morgan fingerprint density at radius 2 is 1.94 bits per heavy atom. The molecular formula is C11H9N5. The first-order valence-corrected chi connectivity index (χ1v) is 4.84. The lowest BCUT2D eigenvalue weighted by atomic mass is 10.2. The van der Waals surface area contributed by atoms with E-state index in [1.807, 2.05) is 18.2 Å². The lowest BCUT2D eigenvalue weighted by molar-refractivity contribution is 1.21. The van der Waals surface area contributed by atoms with Crippen LogP contribution in [0.25, 0.3) is 22.3 Å². The lowest BCUT2D eigenvalue weighted by Crippen LogP contribution is -1.90. The molecule has 0 unspecified atom stereocenters. The SMILES string of the molecule is Nc1ncnc2[nH]c(-c3ccncc3)cc12. The predicted octanol–water partition coefficient (Wildman–Crippen LogP) is 1.60. The summed E-state index contributed by atoms with van der Waals surface area (Å²) in [5.74, 6) is 0.488. The zero-order valence-electron chi connectivity index (χ0n) is 8.38. The minimum Gasteiger partial charge on any atom is -0.383 e. The molecular weight excluding hydrogens is 202 g/mol. The topological polar surface area (TPSA) is 80.5 Å². The molecule has 0 aliphatic heterocycles. The monoisotopic (exact) mass is 211 g/mol. The molecule has 3 heterocycles. The van der Waals surface area contributed by atoms with E-state index in [9.17, 15) is 0 Å². The highest BCUT2D eigenvalue weighted by Crippen LogP contribution is 2.24. The largest absolute Gasteiger partial charge is 0.383 e. The molecule has 0 amide bonds. The third-order valence-corrected chi connectivity index (χ3v) is 2.45. The second-order valence-electron chi connectivity index (χ2n) is 3.44. The summed E-state index contributed by atoms with van der Waals surface area (Å²) in [6, 6.07) is 5.79. The summed E-state index contributed by atoms with van der Waals surface area (Å²) >= 11 is 0. The summed E-state index contributed by atoms with van der Waals surface area (Å²) in [5.41, 5.74) is 8.52. The molecule has 0 radical (unpaired) electrons. The van der Waals surface area contributed by atoms with E-state index in [0.29, 0.717) is 5.82 Å². The van der Waals surface area contributed by atoms with Crippen LogP contribution in [0.2, 0.25) is 0 Å². The third-order valence-electron chi connectivity index (χ3n) is 2.45. The molecule has 0 aliphatic rings. The number of nitrogen functional groups attached to an aromatic ring is 1. The highest BCUT2D eigenvalue weighted by atomic mass is 15.0. The molecule has 0 spiro atoms. The Morgan fingerprint density at radius 3 is 2.69 bits per heavy atom. The molecule has 0 fully saturated rings. The molecule has 78 valence electrons. The fraction of sp³-hybridized carbons (Fsp3) is 0. The van der Waals surface area contributed by atoms with Gasteiger partial charge in [-0.05, 0) is 18.2 Å². The van der Waals surface area contributed by atoms with Crippen molar-refractivity contribution in [2.75, 3.05) is 5.73 Å². The number of rotatable bonds is 1. The zero-order valence-corrected chi connectivity index (χ0v) is 8.38. The summed E-state index contributed by atoms with van der Waals surface area (Å²) < 4.78 is 0. The number of anilines is 1. The highest BCUT2D eigenvalue weighted by molar-refractivity contribution is 5.90. The van der Waals surface area contributed by atoms with Crippen molar-refractivity contribution in [1.82, 2.24) is 19.9 Å². The molecule has 0 saturated heterocycles. The molecule has 0 bridgehead atoms. The molecule has 5 heteroatoms. The van der Waals surface area contributed by atoms with E-state index in [1.165, 1.54) is 6.33 Å². The number of pyridine rings is 1. The van der Waals surface area contributed by atoms with E-state index >= 15 is 0 Å². The summed E-state index contributed by atoms with van der Waals surface area (Å²) in [5, 5.41) is 0.842. The second kappa shape index (κ2) is 3.30. The molecule has 3 aromatic rings. The maximum Gasteiger partial charge on any atom is 0.143 e. The second-order valence-corrected chi connectivity index (χ2v) is 3.44. The van der Waals surface area contributed by atoms with Gasteiger partial charge in [0.05, 0.1) is 5.39 Å². The fourth-order valence-corrected chi connectivity index (χ4v) is 1.65. The summed E-state index contributed by atoms with van der Waals surface area (Å²) in [4.78, 5) is 15.2. The maximum atomic E-state index is 5.76. The Bertz CT molecular complexity index is 629. The number of fused-ring (bicyclic) bond motifs is 1. The standard InChI is InChI=1S/C11H9N5/c12-10-8-5-9(7-1-3-13-4-2-7)16-11(8)15-6-14-10/h1-6H,(H3,12,14,15,16). The van der Waals surface area contributed by atoms with Crippen LogP contribution in [0.1, 0.15) is 0 Å². The van der Waals surface area contributed by atoms with E-state index in [-0.39, 0.29) is 0 Å². The summed E-state index contributed by atoms with van der Waals surface area (Å²) in [7, 11) is 0. The minimum absolute atomic E-state index is 0.488. The van der Waals surface area contributed by atoms with Crippen LogP contribution in [0.3, 0.4) is 0 Å². The van der Waals surface area contributed by atoms with Crippen LogP contribution in [0.4, 0.5) is 5.82 Å². The maximum absolute atomic E-state index is 5.76. The summed E-state index contributed by atoms with van der Waals surface area (Å²) in [6.07, 6.45) is 4.94. The Labute approximate surface area is 91.4 Å². The van der Waals surface area contributed by atoms with Gasteiger partial charge in [-0.15, -0.1) is 0 Å². The van der Waals surface area contributed by atoms with E-state index in [1.54, 1.807) is 12.4 Å². The Morgan fingerprint density at radius 1 is 1.12 bits per heavy atom. The van der Waals surface area contributed by atoms with E-state index in [2.05, 4.69) is 19.9 Å². The fourth-order valence-electron chi connectivity index (χ4n) is 1.65. The first kappa shape index (κ1) is 8.84. The van der Waals surface area contributed by atoms with Crippen LogP contribution in [0, 0.1) is 0 Å². The van der Waals surface area contributed by atoms with Crippen molar-refractivity contribution >= 4 is 16.9 Å². The third kappa shape index (κ3) is 1.30. The van der Waals surface area contributed by atoms with Gasteiger partial charge in [0.1, 0.15) is 17.8 Å². The number of aromatic amines is 1. The molecule has 3 N–H and O–H groups in total. The van der Waals surface area contributed by atoms with Gasteiger partial charge < -0.3 is 10.7 Å². The number of hydrogen-bond acceptors (Lipinski definition) is 4. The van der Waals surface area contributed by atoms with Gasteiger partial charge in [0.25, 0.3) is 0 Å². The molecule has 0 atom stereocenters. The predicted molar refractivity (Wildman–Crippen MR) is 61.5 cm³/mol. The molecule has 0 saturated carbocycles.